The summed E-state index contributed by atoms with van der Waals surface area (Å²) in [5, 5.41) is 4.94. The van der Waals surface area contributed by atoms with E-state index >= 15 is 0 Å². The van der Waals surface area contributed by atoms with Gasteiger partial charge in [-0.1, -0.05) is 102 Å². The number of rotatable bonds is 21. The Morgan fingerprint density at radius 2 is 1.51 bits per heavy atom. The van der Waals surface area contributed by atoms with Crippen molar-refractivity contribution in [2.45, 2.75) is 91.4 Å². The molecule has 5 aromatic rings. The number of amides is 1. The third-order valence-corrected chi connectivity index (χ3v) is 17.4. The quantitative estimate of drug-likeness (QED) is 0.0437. The molecule has 12 heteroatoms. The maximum atomic E-state index is 13.5. The van der Waals surface area contributed by atoms with E-state index in [1.54, 1.807) is 31.4 Å². The minimum atomic E-state index is -3.85. The van der Waals surface area contributed by atoms with Crippen molar-refractivity contribution in [2.75, 3.05) is 77.6 Å². The first-order valence-corrected chi connectivity index (χ1v) is 29.3. The zero-order valence-corrected chi connectivity index (χ0v) is 48.2. The molecule has 1 amide bonds. The minimum absolute atomic E-state index is 0.0721. The SMILES string of the molecule is C=c1cc(C)cc2c1=C[CH-]C1=C2C(C)(C)C(=CC=C[CH+]/C=C2/N(CCCCCC(=O)N3CCN(CCOCCONS(=O)(=O)c4ccc(-c5ccc(OC)cc5)cc4)CC3)c3ccc4c(C)cc(C)cc4c3C2(C)C)N1CC. The van der Waals surface area contributed by atoms with E-state index in [-0.39, 0.29) is 34.8 Å². The number of carbonyl (C=O) groups excluding carboxylic acids is 1. The highest BCUT2D eigenvalue weighted by atomic mass is 32.2. The average Bonchev–Trinajstić information content (AvgIpc) is 4.02. The molecule has 9 rings (SSSR count). The first-order valence-electron chi connectivity index (χ1n) is 27.8. The lowest BCUT2D eigenvalue weighted by Gasteiger charge is -2.34. The third-order valence-electron chi connectivity index (χ3n) is 16.2. The fourth-order valence-corrected chi connectivity index (χ4v) is 13.0. The fraction of sp³-hybridized carbons (Fsp3) is 0.379. The lowest BCUT2D eigenvalue weighted by Crippen LogP contribution is -2.49. The van der Waals surface area contributed by atoms with Crippen LogP contribution in [0.1, 0.15) is 88.1 Å². The number of allylic oxidation sites excluding steroid dienone is 7. The van der Waals surface area contributed by atoms with E-state index in [0.717, 1.165) is 74.1 Å². The van der Waals surface area contributed by atoms with Crippen molar-refractivity contribution in [1.29, 1.82) is 0 Å². The Morgan fingerprint density at radius 1 is 0.795 bits per heavy atom. The molecule has 1 aliphatic carbocycles. The molecule has 1 N–H and O–H groups in total. The Balaban J connectivity index is 0.736. The first kappa shape index (κ1) is 56.2. The fourth-order valence-electron chi connectivity index (χ4n) is 12.2. The molecule has 0 radical (unpaired) electrons. The number of methoxy groups -OCH3 is 1. The number of anilines is 1. The van der Waals surface area contributed by atoms with Crippen LogP contribution in [0, 0.1) is 39.0 Å². The molecular formula is C66H79N5O6S. The highest BCUT2D eigenvalue weighted by molar-refractivity contribution is 7.89. The normalized spacial score (nSPS) is 17.9. The van der Waals surface area contributed by atoms with E-state index in [9.17, 15) is 13.2 Å². The predicted octanol–water partition coefficient (Wildman–Crippen LogP) is 10.9. The van der Waals surface area contributed by atoms with Crippen LogP contribution in [0.2, 0.25) is 0 Å². The molecule has 1 saturated heterocycles. The summed E-state index contributed by atoms with van der Waals surface area (Å²) in [5.74, 6) is 0.980. The van der Waals surface area contributed by atoms with Gasteiger partial charge in [-0.15, -0.1) is 29.4 Å². The average molecular weight is 1070 g/mol. The smallest absolute Gasteiger partial charge is 0.262 e. The molecule has 4 aliphatic rings. The number of unbranched alkanes of at least 4 members (excludes halogenated alkanes) is 2. The summed E-state index contributed by atoms with van der Waals surface area (Å²) in [4.78, 5) is 30.3. The third kappa shape index (κ3) is 11.7. The minimum Gasteiger partial charge on any atom is -0.497 e. The van der Waals surface area contributed by atoms with Crippen molar-refractivity contribution in [1.82, 2.24) is 19.6 Å². The molecular weight excluding hydrogens is 991 g/mol. The number of hydrogen-bond donors (Lipinski definition) is 1. The molecule has 5 aromatic carbocycles. The topological polar surface area (TPSA) is 104 Å². The second kappa shape index (κ2) is 23.8. The van der Waals surface area contributed by atoms with Crippen LogP contribution < -0.4 is 25.0 Å². The number of ether oxygens (including phenoxy) is 2. The number of benzene rings is 5. The van der Waals surface area contributed by atoms with Crippen LogP contribution >= 0.6 is 0 Å². The Labute approximate surface area is 464 Å². The van der Waals surface area contributed by atoms with Crippen molar-refractivity contribution in [2.24, 2.45) is 5.41 Å². The van der Waals surface area contributed by atoms with Gasteiger partial charge in [-0.3, -0.25) is 19.4 Å². The van der Waals surface area contributed by atoms with Gasteiger partial charge >= 0.3 is 0 Å². The van der Waals surface area contributed by atoms with Crippen molar-refractivity contribution in [3.05, 3.63) is 177 Å². The maximum absolute atomic E-state index is 13.5. The summed E-state index contributed by atoms with van der Waals surface area (Å²) in [7, 11) is -2.23. The zero-order chi connectivity index (χ0) is 55.4. The maximum Gasteiger partial charge on any atom is 0.262 e. The second-order valence-electron chi connectivity index (χ2n) is 22.3. The van der Waals surface area contributed by atoms with E-state index in [1.807, 2.05) is 29.2 Å². The zero-order valence-electron chi connectivity index (χ0n) is 47.4. The van der Waals surface area contributed by atoms with Gasteiger partial charge in [0.15, 0.2) is 0 Å². The van der Waals surface area contributed by atoms with Crippen LogP contribution in [-0.2, 0) is 29.8 Å². The lowest BCUT2D eigenvalue weighted by atomic mass is 9.76. The highest BCUT2D eigenvalue weighted by Crippen LogP contribution is 2.53. The van der Waals surface area contributed by atoms with Gasteiger partial charge in [0.25, 0.3) is 10.0 Å². The van der Waals surface area contributed by atoms with E-state index in [4.69, 9.17) is 14.3 Å². The van der Waals surface area contributed by atoms with Crippen LogP contribution in [0.15, 0.2) is 131 Å². The monoisotopic (exact) mass is 1070 g/mol. The number of nitrogens with one attached hydrogen (secondary N) is 1. The van der Waals surface area contributed by atoms with Crippen molar-refractivity contribution in [3.63, 3.8) is 0 Å². The number of sulfonamides is 1. The first-order chi connectivity index (χ1) is 37.4. The summed E-state index contributed by atoms with van der Waals surface area (Å²) in [6.45, 7) is 28.9. The standard InChI is InChI=1S/C66H79N5O6S/c1-11-70-58-31-29-54-48(4)42-46(2)44-56(54)63(58)65(6,7)60(70)18-14-12-15-19-61-66(8,9)64-57-45-47(3)43-49(5)55(57)30-32-59(64)71(61)33-17-13-16-20-62(72)69-36-34-68(35-37-69)38-39-76-40-41-77-67-78(73,74)53-27-23-51(24-28-53)50-21-25-52(75-10)26-22-50/h12,14-15,18-19,21-32,42-45,67H,4,11,13,16-17,20,33-41H2,1-3,5-10H3/b14-12?,60-18?,61-19+. The Kier molecular flexibility index (Phi) is 17.2. The molecule has 3 aliphatic heterocycles. The Morgan fingerprint density at radius 3 is 2.23 bits per heavy atom. The van der Waals surface area contributed by atoms with Crippen LogP contribution in [0.4, 0.5) is 5.69 Å². The molecule has 78 heavy (non-hydrogen) atoms. The van der Waals surface area contributed by atoms with Crippen molar-refractivity contribution < 1.29 is 27.5 Å². The van der Waals surface area contributed by atoms with E-state index in [1.165, 1.54) is 72.2 Å². The van der Waals surface area contributed by atoms with Crippen LogP contribution in [0.3, 0.4) is 0 Å². The molecule has 0 saturated carbocycles. The van der Waals surface area contributed by atoms with E-state index in [0.29, 0.717) is 26.1 Å². The van der Waals surface area contributed by atoms with Gasteiger partial charge in [0.1, 0.15) is 11.4 Å². The van der Waals surface area contributed by atoms with Gasteiger partial charge in [-0.2, -0.15) is 6.08 Å². The molecule has 0 spiro atoms. The number of carbonyl (C=O) groups is 1. The molecule has 0 unspecified atom stereocenters. The Bertz CT molecular complexity index is 3380. The van der Waals surface area contributed by atoms with Gasteiger partial charge in [-0.25, -0.2) is 8.42 Å². The number of hydrogen-bond acceptors (Lipinski definition) is 9. The summed E-state index contributed by atoms with van der Waals surface area (Å²) in [5.41, 5.74) is 14.5. The second-order valence-corrected chi connectivity index (χ2v) is 23.9. The number of nitrogens with zero attached hydrogens (tertiary/aromatic N) is 4. The van der Waals surface area contributed by atoms with Crippen LogP contribution in [-0.4, -0.2) is 102 Å². The number of aryl methyl sites for hydroxylation is 3. The van der Waals surface area contributed by atoms with Crippen LogP contribution in [0.5, 0.6) is 5.75 Å². The molecule has 0 bridgehead atoms. The summed E-state index contributed by atoms with van der Waals surface area (Å²) in [6, 6.07) is 28.0. The van der Waals surface area contributed by atoms with Gasteiger partial charge in [0.2, 0.25) is 5.91 Å². The van der Waals surface area contributed by atoms with Gasteiger partial charge in [-0.05, 0) is 118 Å². The van der Waals surface area contributed by atoms with Gasteiger partial charge in [0, 0.05) is 88.1 Å². The molecule has 410 valence electrons. The number of fused-ring (bicyclic) bond motifs is 5. The predicted molar refractivity (Wildman–Crippen MR) is 318 cm³/mol. The summed E-state index contributed by atoms with van der Waals surface area (Å²) < 4.78 is 36.6. The van der Waals surface area contributed by atoms with Crippen LogP contribution in [0.25, 0.3) is 40.1 Å². The van der Waals surface area contributed by atoms with Gasteiger partial charge in [0.05, 0.1) is 49.0 Å². The molecule has 1 fully saturated rings. The lowest BCUT2D eigenvalue weighted by molar-refractivity contribution is -0.133. The van der Waals surface area contributed by atoms with E-state index in [2.05, 4.69) is 161 Å². The Hall–Kier alpha value is -6.54. The molecule has 0 atom stereocenters. The van der Waals surface area contributed by atoms with E-state index < -0.39 is 10.0 Å². The largest absolute Gasteiger partial charge is 0.497 e. The molecule has 3 heterocycles. The van der Waals surface area contributed by atoms with Crippen molar-refractivity contribution >= 4 is 50.6 Å². The summed E-state index contributed by atoms with van der Waals surface area (Å²) >= 11 is 0. The molecule has 11 nitrogen and oxygen atoms in total. The highest BCUT2D eigenvalue weighted by Gasteiger charge is 2.45. The summed E-state index contributed by atoms with van der Waals surface area (Å²) in [6.07, 6.45) is 19.1. The molecule has 0 aromatic heterocycles. The van der Waals surface area contributed by atoms with Crippen molar-refractivity contribution in [3.8, 4) is 16.9 Å². The van der Waals surface area contributed by atoms with Gasteiger partial charge < -0.3 is 19.3 Å². The number of piperazine rings is 1.